The van der Waals surface area contributed by atoms with Crippen molar-refractivity contribution in [3.63, 3.8) is 0 Å². The fourth-order valence-electron chi connectivity index (χ4n) is 4.48. The van der Waals surface area contributed by atoms with Gasteiger partial charge in [-0.2, -0.15) is 4.31 Å². The first-order valence-electron chi connectivity index (χ1n) is 12.1. The number of Topliss-reactive ketones (excluding diaryl/α,β-unsaturated/α-hetero) is 1. The number of carbonyl (C=O) groups excluding carboxylic acids is 2. The molecule has 1 aliphatic rings. The second kappa shape index (κ2) is 10.6. The fourth-order valence-corrected chi connectivity index (χ4v) is 6.26. The van der Waals surface area contributed by atoms with Gasteiger partial charge in [-0.15, -0.1) is 0 Å². The maximum absolute atomic E-state index is 13.4. The highest BCUT2D eigenvalue weighted by Crippen LogP contribution is 2.34. The number of nitrogens with zero attached hydrogens (tertiary/aromatic N) is 1. The number of ketones is 2. The number of anilines is 1. The lowest BCUT2D eigenvalue weighted by atomic mass is 10.1. The molecule has 4 aromatic rings. The minimum atomic E-state index is -3.56. The third-order valence-electron chi connectivity index (χ3n) is 6.52. The van der Waals surface area contributed by atoms with Crippen LogP contribution >= 0.6 is 11.6 Å². The van der Waals surface area contributed by atoms with E-state index in [1.165, 1.54) is 41.7 Å². The molecule has 0 unspecified atom stereocenters. The van der Waals surface area contributed by atoms with Crippen LogP contribution in [0.25, 0.3) is 11.0 Å². The number of para-hydroxylation sites is 1. The monoisotopic (exact) mass is 552 g/mol. The van der Waals surface area contributed by atoms with Crippen LogP contribution in [0.5, 0.6) is 5.75 Å². The zero-order chi connectivity index (χ0) is 26.9. The van der Waals surface area contributed by atoms with Crippen molar-refractivity contribution in [3.05, 3.63) is 88.6 Å². The fraction of sp³-hybridized carbons (Fsp3) is 0.214. The highest BCUT2D eigenvalue weighted by Gasteiger charge is 2.27. The molecule has 0 amide bonds. The van der Waals surface area contributed by atoms with Gasteiger partial charge in [0.05, 0.1) is 29.3 Å². The second-order valence-corrected chi connectivity index (χ2v) is 11.2. The van der Waals surface area contributed by atoms with Gasteiger partial charge < -0.3 is 14.5 Å². The minimum absolute atomic E-state index is 0.0484. The van der Waals surface area contributed by atoms with Crippen molar-refractivity contribution < 1.29 is 27.2 Å². The Balaban J connectivity index is 1.38. The Morgan fingerprint density at radius 3 is 2.37 bits per heavy atom. The van der Waals surface area contributed by atoms with Crippen LogP contribution in [-0.2, 0) is 10.0 Å². The molecule has 3 aromatic carbocycles. The Kier molecular flexibility index (Phi) is 7.25. The summed E-state index contributed by atoms with van der Waals surface area (Å²) in [6.45, 7) is 0.885. The van der Waals surface area contributed by atoms with E-state index in [4.69, 9.17) is 20.8 Å². The Labute approximate surface area is 225 Å². The highest BCUT2D eigenvalue weighted by atomic mass is 35.5. The van der Waals surface area contributed by atoms with Gasteiger partial charge in [0, 0.05) is 29.6 Å². The smallest absolute Gasteiger partial charge is 0.243 e. The summed E-state index contributed by atoms with van der Waals surface area (Å²) in [6.07, 6.45) is 1.69. The van der Waals surface area contributed by atoms with E-state index in [1.807, 2.05) is 6.07 Å². The number of halogens is 1. The van der Waals surface area contributed by atoms with E-state index < -0.39 is 15.8 Å². The molecule has 0 radical (unpaired) electrons. The van der Waals surface area contributed by atoms with Gasteiger partial charge in [-0.3, -0.25) is 9.59 Å². The summed E-state index contributed by atoms with van der Waals surface area (Å²) in [6, 6.07) is 17.7. The number of ether oxygens (including phenoxy) is 1. The van der Waals surface area contributed by atoms with Crippen molar-refractivity contribution in [1.82, 2.24) is 4.31 Å². The predicted molar refractivity (Wildman–Crippen MR) is 145 cm³/mol. The van der Waals surface area contributed by atoms with Crippen LogP contribution in [0.2, 0.25) is 5.02 Å². The number of benzene rings is 3. The van der Waals surface area contributed by atoms with E-state index >= 15 is 0 Å². The normalized spacial score (nSPS) is 14.1. The zero-order valence-corrected chi connectivity index (χ0v) is 22.1. The molecule has 38 heavy (non-hydrogen) atoms. The highest BCUT2D eigenvalue weighted by molar-refractivity contribution is 7.89. The van der Waals surface area contributed by atoms with Crippen LogP contribution in [0.4, 0.5) is 5.69 Å². The first-order chi connectivity index (χ1) is 18.3. The number of sulfonamides is 1. The number of rotatable bonds is 9. The van der Waals surface area contributed by atoms with Crippen LogP contribution in [0, 0.1) is 0 Å². The summed E-state index contributed by atoms with van der Waals surface area (Å²) in [4.78, 5) is 26.5. The average Bonchev–Trinajstić information content (AvgIpc) is 3.60. The summed E-state index contributed by atoms with van der Waals surface area (Å²) < 4.78 is 38.0. The standard InChI is InChI=1S/C28H25ClN2O6S/c1-36-25-13-10-19(16-22(25)29)27(33)28-26(21-6-2-3-7-24(21)37-28)30-17-23(32)18-8-11-20(12-9-18)38(34,35)31-14-4-5-15-31/h2-3,6-13,16,30H,4-5,14-15,17H2,1H3. The SMILES string of the molecule is COc1ccc(C(=O)c2oc3ccccc3c2NCC(=O)c2ccc(S(=O)(=O)N3CCCC3)cc2)cc1Cl. The van der Waals surface area contributed by atoms with Gasteiger partial charge in [0.15, 0.2) is 11.5 Å². The Hall–Kier alpha value is -3.66. The molecule has 1 saturated heterocycles. The second-order valence-electron chi connectivity index (χ2n) is 8.89. The number of methoxy groups -OCH3 is 1. The van der Waals surface area contributed by atoms with Gasteiger partial charge in [0.1, 0.15) is 11.3 Å². The lowest BCUT2D eigenvalue weighted by Crippen LogP contribution is -2.27. The van der Waals surface area contributed by atoms with E-state index in [0.29, 0.717) is 46.6 Å². The first kappa shape index (κ1) is 26.0. The number of nitrogens with one attached hydrogen (secondary N) is 1. The molecule has 5 rings (SSSR count). The molecule has 2 heterocycles. The van der Waals surface area contributed by atoms with Gasteiger partial charge in [0.25, 0.3) is 0 Å². The number of carbonyl (C=O) groups is 2. The van der Waals surface area contributed by atoms with Crippen LogP contribution in [0.1, 0.15) is 39.3 Å². The summed E-state index contributed by atoms with van der Waals surface area (Å²) in [5.74, 6) is -0.188. The predicted octanol–water partition coefficient (Wildman–Crippen LogP) is 5.41. The Bertz CT molecular complexity index is 1620. The van der Waals surface area contributed by atoms with E-state index in [1.54, 1.807) is 30.3 Å². The van der Waals surface area contributed by atoms with Crippen LogP contribution in [0.3, 0.4) is 0 Å². The van der Waals surface area contributed by atoms with Crippen molar-refractivity contribution in [2.75, 3.05) is 32.1 Å². The van der Waals surface area contributed by atoms with E-state index in [-0.39, 0.29) is 28.0 Å². The van der Waals surface area contributed by atoms with Crippen LogP contribution in [0.15, 0.2) is 76.0 Å². The van der Waals surface area contributed by atoms with Crippen molar-refractivity contribution in [2.45, 2.75) is 17.7 Å². The third-order valence-corrected chi connectivity index (χ3v) is 8.73. The van der Waals surface area contributed by atoms with E-state index in [0.717, 1.165) is 12.8 Å². The number of hydrogen-bond acceptors (Lipinski definition) is 7. The molecule has 1 N–H and O–H groups in total. The van der Waals surface area contributed by atoms with Crippen molar-refractivity contribution >= 4 is 49.8 Å². The number of fused-ring (bicyclic) bond motifs is 1. The molecule has 1 aromatic heterocycles. The minimum Gasteiger partial charge on any atom is -0.495 e. The summed E-state index contributed by atoms with van der Waals surface area (Å²) in [5, 5.41) is 4.00. The quantitative estimate of drug-likeness (QED) is 0.277. The molecule has 0 spiro atoms. The maximum Gasteiger partial charge on any atom is 0.243 e. The average molecular weight is 553 g/mol. The summed E-state index contributed by atoms with van der Waals surface area (Å²) in [5.41, 5.74) is 1.53. The van der Waals surface area contributed by atoms with E-state index in [2.05, 4.69) is 5.32 Å². The lowest BCUT2D eigenvalue weighted by molar-refractivity contribution is 0.0997. The molecule has 0 bridgehead atoms. The summed E-state index contributed by atoms with van der Waals surface area (Å²) >= 11 is 6.22. The van der Waals surface area contributed by atoms with Crippen molar-refractivity contribution in [1.29, 1.82) is 0 Å². The third kappa shape index (κ3) is 4.92. The van der Waals surface area contributed by atoms with Crippen molar-refractivity contribution in [3.8, 4) is 5.75 Å². The Morgan fingerprint density at radius 1 is 1.00 bits per heavy atom. The molecular weight excluding hydrogens is 528 g/mol. The number of furan rings is 1. The molecule has 1 fully saturated rings. The van der Waals surface area contributed by atoms with Gasteiger partial charge in [0.2, 0.25) is 15.8 Å². The molecule has 0 saturated carbocycles. The lowest BCUT2D eigenvalue weighted by Gasteiger charge is -2.15. The van der Waals surface area contributed by atoms with Gasteiger partial charge in [-0.25, -0.2) is 8.42 Å². The Morgan fingerprint density at radius 2 is 1.68 bits per heavy atom. The maximum atomic E-state index is 13.4. The molecule has 0 aliphatic carbocycles. The summed E-state index contributed by atoms with van der Waals surface area (Å²) in [7, 11) is -2.08. The van der Waals surface area contributed by atoms with Crippen LogP contribution in [-0.4, -0.2) is 51.0 Å². The van der Waals surface area contributed by atoms with Gasteiger partial charge in [-0.05, 0) is 67.4 Å². The van der Waals surface area contributed by atoms with Gasteiger partial charge in [-0.1, -0.05) is 23.7 Å². The van der Waals surface area contributed by atoms with Gasteiger partial charge >= 0.3 is 0 Å². The van der Waals surface area contributed by atoms with E-state index in [9.17, 15) is 18.0 Å². The molecule has 196 valence electrons. The molecule has 10 heteroatoms. The number of hydrogen-bond donors (Lipinski definition) is 1. The zero-order valence-electron chi connectivity index (χ0n) is 20.6. The molecule has 8 nitrogen and oxygen atoms in total. The van der Waals surface area contributed by atoms with Crippen molar-refractivity contribution in [2.24, 2.45) is 0 Å². The first-order valence-corrected chi connectivity index (χ1v) is 13.9. The molecular formula is C28H25ClN2O6S. The largest absolute Gasteiger partial charge is 0.495 e. The van der Waals surface area contributed by atoms with Crippen LogP contribution < -0.4 is 10.1 Å². The molecule has 1 aliphatic heterocycles. The topological polar surface area (TPSA) is 106 Å². The molecule has 0 atom stereocenters.